The van der Waals surface area contributed by atoms with Crippen molar-refractivity contribution in [1.29, 1.82) is 0 Å². The third-order valence-electron chi connectivity index (χ3n) is 1.57. The van der Waals surface area contributed by atoms with Gasteiger partial charge in [0.05, 0.1) is 6.10 Å². The smallest absolute Gasteiger partial charge is 0.145 e. The molecule has 0 saturated carbocycles. The molecule has 0 amide bonds. The summed E-state index contributed by atoms with van der Waals surface area (Å²) >= 11 is 0. The van der Waals surface area contributed by atoms with E-state index in [2.05, 4.69) is 17.2 Å². The lowest BCUT2D eigenvalue weighted by Gasteiger charge is -2.12. The van der Waals surface area contributed by atoms with Crippen LogP contribution in [0.15, 0.2) is 11.6 Å². The number of aliphatic hydroxyl groups excluding tert-OH is 1. The van der Waals surface area contributed by atoms with Gasteiger partial charge in [-0.05, 0) is 46.0 Å². The van der Waals surface area contributed by atoms with Crippen molar-refractivity contribution in [3.63, 3.8) is 0 Å². The summed E-state index contributed by atoms with van der Waals surface area (Å²) in [4.78, 5) is 10.1. The highest BCUT2D eigenvalue weighted by atomic mass is 16.3. The highest BCUT2D eigenvalue weighted by molar-refractivity contribution is 5.73. The molecule has 1 unspecified atom stereocenters. The van der Waals surface area contributed by atoms with Gasteiger partial charge in [0.2, 0.25) is 0 Å². The number of aldehydes is 1. The number of allylic oxidation sites excluding steroid dienone is 1. The fraction of sp³-hybridized carbons (Fsp3) is 0.700. The Hall–Kier alpha value is -0.750. The SMILES string of the molecule is CN.CN.CN.O=CC1=CCC(O)CC1. The first kappa shape index (κ1) is 19.8. The highest BCUT2D eigenvalue weighted by Gasteiger charge is 2.09. The normalized spacial score (nSPS) is 17.5. The van der Waals surface area contributed by atoms with Crippen molar-refractivity contribution >= 4 is 6.29 Å². The van der Waals surface area contributed by atoms with E-state index in [-0.39, 0.29) is 6.10 Å². The van der Waals surface area contributed by atoms with E-state index in [9.17, 15) is 4.79 Å². The molecule has 0 aromatic carbocycles. The van der Waals surface area contributed by atoms with Gasteiger partial charge in [-0.15, -0.1) is 0 Å². The number of nitrogens with two attached hydrogens (primary N) is 3. The van der Waals surface area contributed by atoms with E-state index in [0.29, 0.717) is 6.42 Å². The molecule has 0 fully saturated rings. The van der Waals surface area contributed by atoms with Gasteiger partial charge in [-0.25, -0.2) is 0 Å². The first-order chi connectivity index (χ1) is 7.33. The van der Waals surface area contributed by atoms with E-state index < -0.39 is 0 Å². The first-order valence-corrected chi connectivity index (χ1v) is 4.88. The van der Waals surface area contributed by atoms with Crippen LogP contribution in [-0.4, -0.2) is 38.6 Å². The topological polar surface area (TPSA) is 115 Å². The van der Waals surface area contributed by atoms with Crippen molar-refractivity contribution in [2.75, 3.05) is 21.1 Å². The summed E-state index contributed by atoms with van der Waals surface area (Å²) in [7, 11) is 4.50. The van der Waals surface area contributed by atoms with E-state index in [1.54, 1.807) is 6.08 Å². The average Bonchev–Trinajstić information content (AvgIpc) is 2.38. The Morgan fingerprint density at radius 3 is 2.00 bits per heavy atom. The standard InChI is InChI=1S/C7H10O2.3CH5N/c8-5-6-1-3-7(9)4-2-6;3*1-2/h1,5,7,9H,2-4H2;3*2H2,1H3. The molecule has 1 aliphatic rings. The van der Waals surface area contributed by atoms with Gasteiger partial charge in [0.15, 0.2) is 0 Å². The molecule has 0 bridgehead atoms. The van der Waals surface area contributed by atoms with Crippen LogP contribution in [0.25, 0.3) is 0 Å². The first-order valence-electron chi connectivity index (χ1n) is 4.88. The maximum atomic E-state index is 10.1. The lowest BCUT2D eigenvalue weighted by molar-refractivity contribution is -0.105. The lowest BCUT2D eigenvalue weighted by Crippen LogP contribution is -2.10. The molecule has 0 radical (unpaired) electrons. The van der Waals surface area contributed by atoms with E-state index in [1.807, 2.05) is 0 Å². The predicted molar refractivity (Wildman–Crippen MR) is 64.3 cm³/mol. The molecular weight excluding hydrogens is 194 g/mol. The Labute approximate surface area is 92.3 Å². The van der Waals surface area contributed by atoms with E-state index in [4.69, 9.17) is 5.11 Å². The molecule has 5 nitrogen and oxygen atoms in total. The van der Waals surface area contributed by atoms with Crippen LogP contribution in [0, 0.1) is 0 Å². The van der Waals surface area contributed by atoms with Crippen molar-refractivity contribution in [3.05, 3.63) is 11.6 Å². The number of carbonyl (C=O) groups excluding carboxylic acids is 1. The number of carbonyl (C=O) groups is 1. The third kappa shape index (κ3) is 13.2. The zero-order valence-electron chi connectivity index (χ0n) is 9.94. The molecule has 1 aliphatic carbocycles. The van der Waals surface area contributed by atoms with Gasteiger partial charge in [0.25, 0.3) is 0 Å². The second-order valence-corrected chi connectivity index (χ2v) is 2.33. The van der Waals surface area contributed by atoms with E-state index in [1.165, 1.54) is 21.1 Å². The average molecular weight is 219 g/mol. The third-order valence-corrected chi connectivity index (χ3v) is 1.57. The summed E-state index contributed by atoms with van der Waals surface area (Å²) in [5.74, 6) is 0. The second-order valence-electron chi connectivity index (χ2n) is 2.33. The zero-order chi connectivity index (χ0) is 12.7. The van der Waals surface area contributed by atoms with Gasteiger partial charge in [-0.3, -0.25) is 4.79 Å². The van der Waals surface area contributed by atoms with Crippen LogP contribution in [0.2, 0.25) is 0 Å². The van der Waals surface area contributed by atoms with Crippen molar-refractivity contribution in [2.45, 2.75) is 25.4 Å². The second kappa shape index (κ2) is 18.9. The van der Waals surface area contributed by atoms with Gasteiger partial charge < -0.3 is 22.3 Å². The van der Waals surface area contributed by atoms with Crippen LogP contribution in [0.1, 0.15) is 19.3 Å². The molecule has 1 rings (SSSR count). The minimum Gasteiger partial charge on any atom is -0.393 e. The number of aliphatic hydroxyl groups is 1. The molecule has 0 aromatic rings. The van der Waals surface area contributed by atoms with Crippen molar-refractivity contribution in [1.82, 2.24) is 0 Å². The van der Waals surface area contributed by atoms with Gasteiger partial charge in [0, 0.05) is 0 Å². The zero-order valence-corrected chi connectivity index (χ0v) is 9.94. The summed E-state index contributed by atoms with van der Waals surface area (Å²) < 4.78 is 0. The van der Waals surface area contributed by atoms with E-state index >= 15 is 0 Å². The summed E-state index contributed by atoms with van der Waals surface area (Å²) in [5.41, 5.74) is 14.3. The maximum absolute atomic E-state index is 10.1. The fourth-order valence-electron chi connectivity index (χ4n) is 0.948. The summed E-state index contributed by atoms with van der Waals surface area (Å²) in [6, 6.07) is 0. The van der Waals surface area contributed by atoms with Crippen LogP contribution in [-0.2, 0) is 4.79 Å². The van der Waals surface area contributed by atoms with Crippen LogP contribution in [0.5, 0.6) is 0 Å². The van der Waals surface area contributed by atoms with Crippen molar-refractivity contribution in [2.24, 2.45) is 17.2 Å². The predicted octanol–water partition coefficient (Wildman–Crippen LogP) is -0.619. The Kier molecular flexibility index (Phi) is 24.9. The lowest BCUT2D eigenvalue weighted by atomic mass is 9.98. The maximum Gasteiger partial charge on any atom is 0.145 e. The molecule has 5 heteroatoms. The molecule has 15 heavy (non-hydrogen) atoms. The molecule has 0 aliphatic heterocycles. The fourth-order valence-corrected chi connectivity index (χ4v) is 0.948. The summed E-state index contributed by atoms with van der Waals surface area (Å²) in [6.07, 6.45) is 4.59. The Bertz CT molecular complexity index is 150. The number of hydrogen-bond acceptors (Lipinski definition) is 5. The molecule has 0 saturated heterocycles. The molecule has 0 spiro atoms. The minimum atomic E-state index is -0.214. The van der Waals surface area contributed by atoms with Crippen molar-refractivity contribution in [3.8, 4) is 0 Å². The monoisotopic (exact) mass is 219 g/mol. The molecular formula is C10H25N3O2. The van der Waals surface area contributed by atoms with Crippen molar-refractivity contribution < 1.29 is 9.90 Å². The molecule has 1 atom stereocenters. The van der Waals surface area contributed by atoms with Gasteiger partial charge in [0.1, 0.15) is 6.29 Å². The van der Waals surface area contributed by atoms with Crippen LogP contribution < -0.4 is 17.2 Å². The minimum absolute atomic E-state index is 0.214. The summed E-state index contributed by atoms with van der Waals surface area (Å²) in [5, 5.41) is 8.96. The van der Waals surface area contributed by atoms with E-state index in [0.717, 1.165) is 24.7 Å². The van der Waals surface area contributed by atoms with Crippen LogP contribution in [0.4, 0.5) is 0 Å². The van der Waals surface area contributed by atoms with Gasteiger partial charge in [-0.2, -0.15) is 0 Å². The highest BCUT2D eigenvalue weighted by Crippen LogP contribution is 2.15. The summed E-state index contributed by atoms with van der Waals surface area (Å²) in [6.45, 7) is 0. The number of rotatable bonds is 1. The largest absolute Gasteiger partial charge is 0.393 e. The quantitative estimate of drug-likeness (QED) is 0.439. The molecule has 0 aromatic heterocycles. The van der Waals surface area contributed by atoms with Crippen LogP contribution >= 0.6 is 0 Å². The Morgan fingerprint density at radius 1 is 1.27 bits per heavy atom. The molecule has 7 N–H and O–H groups in total. The van der Waals surface area contributed by atoms with Gasteiger partial charge in [-0.1, -0.05) is 6.08 Å². The van der Waals surface area contributed by atoms with Gasteiger partial charge >= 0.3 is 0 Å². The molecule has 0 heterocycles. The Balaban J connectivity index is -0.000000208. The van der Waals surface area contributed by atoms with Crippen LogP contribution in [0.3, 0.4) is 0 Å². The Morgan fingerprint density at radius 2 is 1.73 bits per heavy atom. The molecule has 92 valence electrons. The number of hydrogen-bond donors (Lipinski definition) is 4.